The Morgan fingerprint density at radius 2 is 2.43 bits per heavy atom. The minimum Gasteiger partial charge on any atom is -0.281 e. The van der Waals surface area contributed by atoms with E-state index in [1.54, 1.807) is 3.78 Å². The minimum absolute atomic E-state index is 0.745. The van der Waals surface area contributed by atoms with Crippen LogP contribution in [-0.4, -0.2) is 35.7 Å². The van der Waals surface area contributed by atoms with E-state index in [9.17, 15) is 0 Å². The summed E-state index contributed by atoms with van der Waals surface area (Å²) in [4.78, 5) is 0. The molecule has 7 heavy (non-hydrogen) atoms. The Balaban J connectivity index is 3.04. The SMILES string of the molecule is Cc1nn[n]([AlH2])n1. The van der Waals surface area contributed by atoms with Crippen molar-refractivity contribution in [2.75, 3.05) is 0 Å². The molecule has 0 aromatic carbocycles. The molecule has 0 amide bonds. The Kier molecular flexibility index (Phi) is 1.09. The molecule has 0 aliphatic carbocycles. The van der Waals surface area contributed by atoms with Gasteiger partial charge in [0.1, 0.15) is 0 Å². The van der Waals surface area contributed by atoms with E-state index in [0.29, 0.717) is 0 Å². The van der Waals surface area contributed by atoms with E-state index < -0.39 is 0 Å². The molecule has 0 unspecified atom stereocenters. The van der Waals surface area contributed by atoms with Gasteiger partial charge in [-0.2, -0.15) is 5.10 Å². The molecule has 0 saturated carbocycles. The van der Waals surface area contributed by atoms with Crippen LogP contribution < -0.4 is 0 Å². The second-order valence-corrected chi connectivity index (χ2v) is 2.13. The van der Waals surface area contributed by atoms with Gasteiger partial charge in [-0.3, -0.25) is 3.78 Å². The van der Waals surface area contributed by atoms with Gasteiger partial charge in [0.2, 0.25) is 0 Å². The zero-order valence-corrected chi connectivity index (χ0v) is 6.29. The summed E-state index contributed by atoms with van der Waals surface area (Å²) in [7, 11) is 0. The van der Waals surface area contributed by atoms with Gasteiger partial charge in [-0.15, -0.1) is 5.10 Å². The molecule has 0 aliphatic rings. The number of tetrazole rings is 1. The van der Waals surface area contributed by atoms with Gasteiger partial charge in [-0.05, 0) is 6.92 Å². The lowest BCUT2D eigenvalue weighted by Gasteiger charge is -1.75. The van der Waals surface area contributed by atoms with E-state index in [-0.39, 0.29) is 0 Å². The van der Waals surface area contributed by atoms with Gasteiger partial charge in [-0.25, -0.2) is 0 Å². The summed E-state index contributed by atoms with van der Waals surface area (Å²) in [5, 5.41) is 11.2. The highest BCUT2D eigenvalue weighted by atomic mass is 27.1. The van der Waals surface area contributed by atoms with Crippen molar-refractivity contribution in [3.8, 4) is 0 Å². The lowest BCUT2D eigenvalue weighted by molar-refractivity contribution is 0.801. The van der Waals surface area contributed by atoms with Crippen molar-refractivity contribution in [3.05, 3.63) is 5.82 Å². The molecule has 1 heterocycles. The first kappa shape index (κ1) is 4.75. The molecule has 0 fully saturated rings. The smallest absolute Gasteiger partial charge is 0.281 e. The maximum atomic E-state index is 3.87. The van der Waals surface area contributed by atoms with E-state index in [4.69, 9.17) is 0 Å². The standard InChI is InChI=1S/C2H3N4.Al.2H/c1-2-3-5-6-4-2;;;/h1H3;;;/q-1;+1;;. The number of rotatable bonds is 0. The molecule has 0 spiro atoms. The molecule has 36 valence electrons. The number of aryl methyl sites for hydroxylation is 1. The molecule has 4 nitrogen and oxygen atoms in total. The molecule has 0 saturated heterocycles. The Hall–Kier alpha value is -0.398. The fourth-order valence-corrected chi connectivity index (χ4v) is 0.758. The number of aromatic nitrogens is 4. The van der Waals surface area contributed by atoms with Gasteiger partial charge in [0, 0.05) is 0 Å². The number of nitrogens with zero attached hydrogens (tertiary/aromatic N) is 4. The summed E-state index contributed by atoms with van der Waals surface area (Å²) in [5.41, 5.74) is 0. The summed E-state index contributed by atoms with van der Waals surface area (Å²) >= 11 is 0.827. The van der Waals surface area contributed by atoms with Crippen LogP contribution in [-0.2, 0) is 0 Å². The third kappa shape index (κ3) is 0.983. The highest BCUT2D eigenvalue weighted by molar-refractivity contribution is 6.04. The van der Waals surface area contributed by atoms with Crippen LogP contribution in [0.25, 0.3) is 0 Å². The van der Waals surface area contributed by atoms with Gasteiger partial charge in [-0.1, -0.05) is 5.21 Å². The number of hydrogen-bond acceptors (Lipinski definition) is 3. The van der Waals surface area contributed by atoms with Crippen molar-refractivity contribution in [3.63, 3.8) is 0 Å². The first-order valence-corrected chi connectivity index (χ1v) is 2.89. The van der Waals surface area contributed by atoms with Gasteiger partial charge >= 0.3 is 16.5 Å². The predicted octanol–water partition coefficient (Wildman–Crippen LogP) is -1.62. The fourth-order valence-electron chi connectivity index (χ4n) is 0.379. The zero-order valence-electron chi connectivity index (χ0n) is 4.29. The van der Waals surface area contributed by atoms with Crippen molar-refractivity contribution in [2.45, 2.75) is 6.92 Å². The Morgan fingerprint density at radius 3 is 2.57 bits per heavy atom. The van der Waals surface area contributed by atoms with Crippen LogP contribution in [0.1, 0.15) is 5.82 Å². The van der Waals surface area contributed by atoms with Crippen LogP contribution >= 0.6 is 0 Å². The Bertz CT molecular complexity index is 142. The molecule has 0 N–H and O–H groups in total. The molecule has 0 radical (unpaired) electrons. The molecule has 0 atom stereocenters. The van der Waals surface area contributed by atoms with Crippen molar-refractivity contribution < 1.29 is 0 Å². The fraction of sp³-hybridized carbons (Fsp3) is 0.500. The van der Waals surface area contributed by atoms with Crippen molar-refractivity contribution >= 4 is 16.5 Å². The van der Waals surface area contributed by atoms with Crippen LogP contribution in [0.2, 0.25) is 0 Å². The molecule has 1 aromatic rings. The molecule has 5 heteroatoms. The first-order valence-electron chi connectivity index (χ1n) is 1.99. The van der Waals surface area contributed by atoms with Gasteiger partial charge < -0.3 is 0 Å². The lowest BCUT2D eigenvalue weighted by Crippen LogP contribution is -1.95. The number of hydrogen-bond donors (Lipinski definition) is 0. The van der Waals surface area contributed by atoms with Crippen LogP contribution in [0.4, 0.5) is 0 Å². The summed E-state index contributed by atoms with van der Waals surface area (Å²) in [5.74, 6) is 0.745. The molecular weight excluding hydrogens is 107 g/mol. The second-order valence-electron chi connectivity index (χ2n) is 1.33. The topological polar surface area (TPSA) is 43.6 Å². The summed E-state index contributed by atoms with van der Waals surface area (Å²) in [6.45, 7) is 1.82. The third-order valence-electron chi connectivity index (χ3n) is 0.608. The van der Waals surface area contributed by atoms with Crippen molar-refractivity contribution in [1.29, 1.82) is 0 Å². The molecule has 1 aromatic heterocycles. The average molecular weight is 112 g/mol. The highest BCUT2D eigenvalue weighted by Gasteiger charge is 1.85. The molecular formula is C2H5AlN4. The Morgan fingerprint density at radius 1 is 1.71 bits per heavy atom. The molecule has 0 aliphatic heterocycles. The Labute approximate surface area is 49.2 Å². The quantitative estimate of drug-likeness (QED) is 0.379. The second kappa shape index (κ2) is 1.60. The first-order chi connectivity index (χ1) is 3.29. The normalized spacial score (nSPS) is 9.29. The maximum Gasteiger partial charge on any atom is 0.435 e. The largest absolute Gasteiger partial charge is 0.435 e. The van der Waals surface area contributed by atoms with Gasteiger partial charge in [0.15, 0.2) is 5.82 Å². The maximum absolute atomic E-state index is 3.87. The van der Waals surface area contributed by atoms with E-state index in [2.05, 4.69) is 15.4 Å². The van der Waals surface area contributed by atoms with Crippen LogP contribution in [0.5, 0.6) is 0 Å². The predicted molar refractivity (Wildman–Crippen MR) is 26.5 cm³/mol. The molecule has 0 bridgehead atoms. The van der Waals surface area contributed by atoms with Crippen molar-refractivity contribution in [1.82, 2.24) is 19.2 Å². The average Bonchev–Trinajstić information content (AvgIpc) is 1.87. The van der Waals surface area contributed by atoms with E-state index in [1.807, 2.05) is 6.92 Å². The van der Waals surface area contributed by atoms with E-state index >= 15 is 0 Å². The summed E-state index contributed by atoms with van der Waals surface area (Å²) in [6, 6.07) is 0. The minimum atomic E-state index is 0.745. The van der Waals surface area contributed by atoms with Crippen molar-refractivity contribution in [2.24, 2.45) is 0 Å². The van der Waals surface area contributed by atoms with Crippen LogP contribution in [0, 0.1) is 6.92 Å². The third-order valence-corrected chi connectivity index (χ3v) is 0.987. The van der Waals surface area contributed by atoms with Gasteiger partial charge in [0.05, 0.1) is 0 Å². The monoisotopic (exact) mass is 112 g/mol. The van der Waals surface area contributed by atoms with E-state index in [0.717, 1.165) is 22.3 Å². The van der Waals surface area contributed by atoms with Crippen LogP contribution in [0.3, 0.4) is 0 Å². The highest BCUT2D eigenvalue weighted by Crippen LogP contribution is 1.73. The molecule has 1 rings (SSSR count). The van der Waals surface area contributed by atoms with Crippen LogP contribution in [0.15, 0.2) is 0 Å². The zero-order chi connectivity index (χ0) is 5.28. The summed E-state index contributed by atoms with van der Waals surface area (Å²) < 4.78 is 1.56. The summed E-state index contributed by atoms with van der Waals surface area (Å²) in [6.07, 6.45) is 0. The van der Waals surface area contributed by atoms with Gasteiger partial charge in [0.25, 0.3) is 0 Å². The van der Waals surface area contributed by atoms with E-state index in [1.165, 1.54) is 0 Å². The lowest BCUT2D eigenvalue weighted by atomic mass is 10.8.